The number of hydrogen-bond donors (Lipinski definition) is 4. The number of unbranched alkanes of at least 4 members (excludes halogenated alkanes) is 1. The van der Waals surface area contributed by atoms with Crippen LogP contribution in [0.5, 0.6) is 0 Å². The Morgan fingerprint density at radius 3 is 2.09 bits per heavy atom. The fourth-order valence-electron chi connectivity index (χ4n) is 4.95. The van der Waals surface area contributed by atoms with Crippen molar-refractivity contribution in [3.05, 3.63) is 65.2 Å². The van der Waals surface area contributed by atoms with E-state index in [9.17, 15) is 27.9 Å². The first-order valence-electron chi connectivity index (χ1n) is 15.8. The molecule has 2 unspecified atom stereocenters. The summed E-state index contributed by atoms with van der Waals surface area (Å²) in [5, 5.41) is 21.4. The summed E-state index contributed by atoms with van der Waals surface area (Å²) in [5.74, 6) is -1.07. The number of hydrogen-bond acceptors (Lipinski definition) is 7. The summed E-state index contributed by atoms with van der Waals surface area (Å²) in [4.78, 5) is 40.9. The second-order valence-corrected chi connectivity index (χ2v) is 13.4. The van der Waals surface area contributed by atoms with Crippen LogP contribution < -0.4 is 15.9 Å². The van der Waals surface area contributed by atoms with E-state index in [-0.39, 0.29) is 40.8 Å². The zero-order valence-corrected chi connectivity index (χ0v) is 28.1. The zero-order valence-electron chi connectivity index (χ0n) is 27.3. The molecule has 5 N–H and O–H groups in total. The molecule has 0 bridgehead atoms. The molecule has 3 amide bonds. The van der Waals surface area contributed by atoms with E-state index in [4.69, 9.17) is 5.14 Å². The van der Waals surface area contributed by atoms with Crippen molar-refractivity contribution >= 4 is 27.7 Å². The van der Waals surface area contributed by atoms with Crippen molar-refractivity contribution in [3.63, 3.8) is 0 Å². The molecule has 2 rings (SSSR count). The Balaban J connectivity index is 2.44. The highest BCUT2D eigenvalue weighted by atomic mass is 32.2. The first-order chi connectivity index (χ1) is 21.3. The number of nitrogens with two attached hydrogens (primary N) is 1. The van der Waals surface area contributed by atoms with Crippen LogP contribution in [0.4, 0.5) is 0 Å². The molecule has 12 heteroatoms. The molecule has 45 heavy (non-hydrogen) atoms. The van der Waals surface area contributed by atoms with Gasteiger partial charge in [-0.15, -0.1) is 0 Å². The summed E-state index contributed by atoms with van der Waals surface area (Å²) >= 11 is 0. The SMILES string of the molecule is CCCCN(CC(O)C(Cc1ccccc1)NC(=O)c1cc(C(=O)N(CCC)CCC)cc(S(N)(=O)=O)c1)NC(=O)CC(C)C. The summed E-state index contributed by atoms with van der Waals surface area (Å²) in [6.07, 6.45) is 2.56. The second-order valence-electron chi connectivity index (χ2n) is 11.9. The van der Waals surface area contributed by atoms with Gasteiger partial charge in [-0.2, -0.15) is 0 Å². The summed E-state index contributed by atoms with van der Waals surface area (Å²) in [5.41, 5.74) is 3.71. The number of rotatable bonds is 19. The molecule has 0 aliphatic heterocycles. The Labute approximate surface area is 268 Å². The highest BCUT2D eigenvalue weighted by Gasteiger charge is 2.27. The lowest BCUT2D eigenvalue weighted by atomic mass is 10.00. The molecule has 0 radical (unpaired) electrons. The van der Waals surface area contributed by atoms with Crippen molar-refractivity contribution in [1.29, 1.82) is 0 Å². The highest BCUT2D eigenvalue weighted by Crippen LogP contribution is 2.18. The lowest BCUT2D eigenvalue weighted by Crippen LogP contribution is -2.53. The van der Waals surface area contributed by atoms with Gasteiger partial charge in [-0.3, -0.25) is 19.8 Å². The number of nitrogens with zero attached hydrogens (tertiary/aromatic N) is 2. The molecule has 0 saturated carbocycles. The van der Waals surface area contributed by atoms with E-state index in [0.717, 1.165) is 24.5 Å². The first kappa shape index (κ1) is 37.9. The largest absolute Gasteiger partial charge is 0.390 e. The van der Waals surface area contributed by atoms with Crippen molar-refractivity contribution in [2.45, 2.75) is 90.2 Å². The van der Waals surface area contributed by atoms with E-state index in [2.05, 4.69) is 10.7 Å². The molecular weight excluding hydrogens is 594 g/mol. The van der Waals surface area contributed by atoms with E-state index < -0.39 is 34.0 Å². The molecule has 0 fully saturated rings. The Morgan fingerprint density at radius 1 is 0.911 bits per heavy atom. The van der Waals surface area contributed by atoms with Crippen LogP contribution in [0.3, 0.4) is 0 Å². The first-order valence-corrected chi connectivity index (χ1v) is 17.4. The molecule has 2 atom stereocenters. The van der Waals surface area contributed by atoms with Gasteiger partial charge in [0.2, 0.25) is 15.9 Å². The molecule has 2 aromatic carbocycles. The van der Waals surface area contributed by atoms with Gasteiger partial charge in [0.05, 0.1) is 17.0 Å². The predicted octanol–water partition coefficient (Wildman–Crippen LogP) is 3.48. The number of amides is 3. The van der Waals surface area contributed by atoms with E-state index in [1.54, 1.807) is 9.91 Å². The summed E-state index contributed by atoms with van der Waals surface area (Å²) in [6, 6.07) is 12.2. The molecule has 0 aromatic heterocycles. The van der Waals surface area contributed by atoms with Gasteiger partial charge < -0.3 is 15.3 Å². The van der Waals surface area contributed by atoms with Crippen molar-refractivity contribution < 1.29 is 27.9 Å². The topological polar surface area (TPSA) is 162 Å². The monoisotopic (exact) mass is 645 g/mol. The summed E-state index contributed by atoms with van der Waals surface area (Å²) < 4.78 is 24.8. The molecule has 0 saturated heterocycles. The third-order valence-corrected chi connectivity index (χ3v) is 8.06. The minimum absolute atomic E-state index is 0.0346. The van der Waals surface area contributed by atoms with Crippen molar-refractivity contribution in [2.24, 2.45) is 11.1 Å². The van der Waals surface area contributed by atoms with Gasteiger partial charge in [0.15, 0.2) is 0 Å². The average molecular weight is 646 g/mol. The molecule has 250 valence electrons. The fraction of sp³-hybridized carbons (Fsp3) is 0.545. The van der Waals surface area contributed by atoms with Gasteiger partial charge in [-0.25, -0.2) is 18.6 Å². The lowest BCUT2D eigenvalue weighted by Gasteiger charge is -2.30. The van der Waals surface area contributed by atoms with Crippen LogP contribution in [-0.2, 0) is 21.2 Å². The second kappa shape index (κ2) is 18.6. The van der Waals surface area contributed by atoms with E-state index in [0.29, 0.717) is 38.9 Å². The van der Waals surface area contributed by atoms with Gasteiger partial charge in [0.25, 0.3) is 11.8 Å². The number of carbonyl (C=O) groups is 3. The number of aliphatic hydroxyl groups excluding tert-OH is 1. The summed E-state index contributed by atoms with van der Waals surface area (Å²) in [7, 11) is -4.25. The van der Waals surface area contributed by atoms with Crippen LogP contribution in [0.15, 0.2) is 53.4 Å². The third-order valence-electron chi connectivity index (χ3n) is 7.16. The Kier molecular flexibility index (Phi) is 15.7. The Bertz CT molecular complexity index is 1350. The van der Waals surface area contributed by atoms with Crippen LogP contribution in [-0.4, -0.2) is 79.5 Å². The number of primary sulfonamides is 1. The van der Waals surface area contributed by atoms with Crippen LogP contribution in [0.1, 0.15) is 93.0 Å². The molecule has 11 nitrogen and oxygen atoms in total. The van der Waals surface area contributed by atoms with Crippen LogP contribution in [0.25, 0.3) is 0 Å². The number of carbonyl (C=O) groups excluding carboxylic acids is 3. The fourth-order valence-corrected chi connectivity index (χ4v) is 5.53. The Morgan fingerprint density at radius 2 is 1.53 bits per heavy atom. The van der Waals surface area contributed by atoms with E-state index in [1.807, 2.05) is 65.0 Å². The predicted molar refractivity (Wildman–Crippen MR) is 176 cm³/mol. The van der Waals surface area contributed by atoms with Gasteiger partial charge in [-0.1, -0.05) is 71.4 Å². The highest BCUT2D eigenvalue weighted by molar-refractivity contribution is 7.89. The maximum absolute atomic E-state index is 13.7. The lowest BCUT2D eigenvalue weighted by molar-refractivity contribution is -0.127. The summed E-state index contributed by atoms with van der Waals surface area (Å²) in [6.45, 7) is 11.3. The zero-order chi connectivity index (χ0) is 33.6. The molecular formula is C33H51N5O6S. The van der Waals surface area contributed by atoms with E-state index >= 15 is 0 Å². The van der Waals surface area contributed by atoms with Gasteiger partial charge in [-0.05, 0) is 55.4 Å². The average Bonchev–Trinajstić information content (AvgIpc) is 2.98. The standard InChI is InChI=1S/C33H51N5O6S/c1-6-9-17-38(36-31(40)18-24(4)5)23-30(39)29(19-25-13-11-10-12-14-25)35-32(41)26-20-27(22-28(21-26)45(34,43)44)33(42)37(15-7-2)16-8-3/h10-14,20-22,24,29-30,39H,6-9,15-19,23H2,1-5H3,(H,35,41)(H,36,40)(H2,34,43,44). The maximum Gasteiger partial charge on any atom is 0.253 e. The minimum Gasteiger partial charge on any atom is -0.390 e. The minimum atomic E-state index is -4.25. The van der Waals surface area contributed by atoms with E-state index in [1.165, 1.54) is 12.1 Å². The van der Waals surface area contributed by atoms with Gasteiger partial charge >= 0.3 is 0 Å². The normalized spacial score (nSPS) is 13.0. The van der Waals surface area contributed by atoms with Crippen LogP contribution >= 0.6 is 0 Å². The number of hydrazine groups is 1. The number of aliphatic hydroxyl groups is 1. The van der Waals surface area contributed by atoms with Gasteiger partial charge in [0, 0.05) is 43.7 Å². The van der Waals surface area contributed by atoms with Crippen molar-refractivity contribution in [1.82, 2.24) is 20.7 Å². The third kappa shape index (κ3) is 12.9. The van der Waals surface area contributed by atoms with Crippen LogP contribution in [0, 0.1) is 5.92 Å². The molecule has 0 aliphatic rings. The van der Waals surface area contributed by atoms with Crippen molar-refractivity contribution in [3.8, 4) is 0 Å². The Hall–Kier alpha value is -3.32. The smallest absolute Gasteiger partial charge is 0.253 e. The van der Waals surface area contributed by atoms with Gasteiger partial charge in [0.1, 0.15) is 0 Å². The quantitative estimate of drug-likeness (QED) is 0.170. The molecule has 0 aliphatic carbocycles. The van der Waals surface area contributed by atoms with Crippen molar-refractivity contribution in [2.75, 3.05) is 26.2 Å². The molecule has 0 spiro atoms. The molecule has 2 aromatic rings. The molecule has 0 heterocycles. The maximum atomic E-state index is 13.7. The van der Waals surface area contributed by atoms with Crippen LogP contribution in [0.2, 0.25) is 0 Å². The number of sulfonamides is 1. The number of nitrogens with one attached hydrogen (secondary N) is 2. The number of benzene rings is 2.